The van der Waals surface area contributed by atoms with Crippen molar-refractivity contribution in [2.75, 3.05) is 6.54 Å². The molecule has 1 rings (SSSR count). The summed E-state index contributed by atoms with van der Waals surface area (Å²) in [6.45, 7) is 6.46. The van der Waals surface area contributed by atoms with E-state index in [1.54, 1.807) is 11.3 Å². The Labute approximate surface area is 116 Å². The highest BCUT2D eigenvalue weighted by Crippen LogP contribution is 2.11. The summed E-state index contributed by atoms with van der Waals surface area (Å²) in [5.74, 6) is 0. The van der Waals surface area contributed by atoms with Gasteiger partial charge in [-0.1, -0.05) is 51.9 Å². The fraction of sp³-hybridized carbons (Fsp3) is 0.800. The Morgan fingerprint density at radius 3 is 2.33 bits per heavy atom. The summed E-state index contributed by atoms with van der Waals surface area (Å²) in [6.07, 6.45) is 13.1. The van der Waals surface area contributed by atoms with Crippen LogP contribution < -0.4 is 5.32 Å². The van der Waals surface area contributed by atoms with Crippen molar-refractivity contribution in [3.8, 4) is 0 Å². The summed E-state index contributed by atoms with van der Waals surface area (Å²) in [7, 11) is 0. The molecule has 104 valence electrons. The highest BCUT2D eigenvalue weighted by Gasteiger charge is 1.97. The van der Waals surface area contributed by atoms with Crippen molar-refractivity contribution in [3.63, 3.8) is 0 Å². The minimum atomic E-state index is 0.939. The van der Waals surface area contributed by atoms with Gasteiger partial charge in [0.25, 0.3) is 0 Å². The topological polar surface area (TPSA) is 24.9 Å². The fourth-order valence-corrected chi connectivity index (χ4v) is 2.82. The number of nitrogens with zero attached hydrogens (tertiary/aromatic N) is 1. The number of hydrogen-bond acceptors (Lipinski definition) is 3. The third kappa shape index (κ3) is 7.83. The maximum atomic E-state index is 4.35. The molecule has 1 aromatic rings. The number of thiazole rings is 1. The van der Waals surface area contributed by atoms with Crippen LogP contribution in [0.3, 0.4) is 0 Å². The molecule has 0 aliphatic rings. The highest BCUT2D eigenvalue weighted by atomic mass is 32.1. The van der Waals surface area contributed by atoms with Crippen LogP contribution in [-0.2, 0) is 6.54 Å². The van der Waals surface area contributed by atoms with E-state index in [9.17, 15) is 0 Å². The van der Waals surface area contributed by atoms with Crippen LogP contribution in [0.2, 0.25) is 0 Å². The summed E-state index contributed by atoms with van der Waals surface area (Å²) in [4.78, 5) is 5.65. The Hall–Kier alpha value is -0.410. The van der Waals surface area contributed by atoms with E-state index in [0.717, 1.165) is 13.1 Å². The van der Waals surface area contributed by atoms with Gasteiger partial charge in [-0.2, -0.15) is 0 Å². The van der Waals surface area contributed by atoms with Gasteiger partial charge in [0, 0.05) is 17.6 Å². The Bertz CT molecular complexity index is 296. The number of aromatic nitrogens is 1. The molecule has 0 fully saturated rings. The van der Waals surface area contributed by atoms with Crippen LogP contribution in [-0.4, -0.2) is 11.5 Å². The van der Waals surface area contributed by atoms with Gasteiger partial charge in [0.1, 0.15) is 5.01 Å². The van der Waals surface area contributed by atoms with Crippen LogP contribution in [0.25, 0.3) is 0 Å². The molecule has 0 saturated heterocycles. The molecule has 3 heteroatoms. The summed E-state index contributed by atoms with van der Waals surface area (Å²) in [5.41, 5.74) is 0. The van der Waals surface area contributed by atoms with E-state index in [-0.39, 0.29) is 0 Å². The quantitative estimate of drug-likeness (QED) is 0.589. The van der Waals surface area contributed by atoms with E-state index in [0.29, 0.717) is 0 Å². The fourth-order valence-electron chi connectivity index (χ4n) is 2.06. The van der Waals surface area contributed by atoms with Crippen molar-refractivity contribution in [1.82, 2.24) is 10.3 Å². The zero-order valence-corrected chi connectivity index (χ0v) is 12.8. The average Bonchev–Trinajstić information content (AvgIpc) is 2.77. The van der Waals surface area contributed by atoms with Gasteiger partial charge < -0.3 is 5.32 Å². The molecular formula is C15H28N2S. The van der Waals surface area contributed by atoms with Crippen molar-refractivity contribution in [1.29, 1.82) is 0 Å². The first kappa shape index (κ1) is 15.6. The molecule has 0 unspecified atom stereocenters. The van der Waals surface area contributed by atoms with E-state index in [4.69, 9.17) is 0 Å². The molecule has 0 radical (unpaired) electrons. The smallest absolute Gasteiger partial charge is 0.107 e. The maximum Gasteiger partial charge on any atom is 0.107 e. The summed E-state index contributed by atoms with van der Waals surface area (Å²) in [6, 6.07) is 0. The molecule has 0 saturated carbocycles. The predicted octanol–water partition coefficient (Wildman–Crippen LogP) is 4.68. The lowest BCUT2D eigenvalue weighted by Gasteiger charge is -2.03. The maximum absolute atomic E-state index is 4.35. The number of rotatable bonds is 11. The van der Waals surface area contributed by atoms with Crippen molar-refractivity contribution in [2.24, 2.45) is 0 Å². The lowest BCUT2D eigenvalue weighted by Crippen LogP contribution is -2.14. The van der Waals surface area contributed by atoms with Crippen molar-refractivity contribution in [3.05, 3.63) is 16.1 Å². The van der Waals surface area contributed by atoms with Crippen LogP contribution in [0.5, 0.6) is 0 Å². The van der Waals surface area contributed by atoms with E-state index in [2.05, 4.69) is 24.1 Å². The van der Waals surface area contributed by atoms with Gasteiger partial charge >= 0.3 is 0 Å². The lowest BCUT2D eigenvalue weighted by atomic mass is 10.1. The predicted molar refractivity (Wildman–Crippen MR) is 81.2 cm³/mol. The standard InChI is InChI=1S/C15H28N2S/c1-3-4-5-6-7-8-9-10-11-16-13-15-17-12-14(2)18-15/h12,16H,3-11,13H2,1-2H3. The number of nitrogens with one attached hydrogen (secondary N) is 1. The minimum absolute atomic E-state index is 0.939. The van der Waals surface area contributed by atoms with Gasteiger partial charge in [-0.25, -0.2) is 4.98 Å². The molecule has 0 aromatic carbocycles. The Morgan fingerprint density at radius 1 is 1.06 bits per heavy atom. The number of hydrogen-bond donors (Lipinski definition) is 1. The first-order valence-corrected chi connectivity index (χ1v) is 8.26. The molecular weight excluding hydrogens is 240 g/mol. The molecule has 18 heavy (non-hydrogen) atoms. The molecule has 0 amide bonds. The Morgan fingerprint density at radius 2 is 1.72 bits per heavy atom. The average molecular weight is 268 g/mol. The second kappa shape index (κ2) is 10.5. The first-order valence-electron chi connectivity index (χ1n) is 7.45. The van der Waals surface area contributed by atoms with Crippen LogP contribution in [0.4, 0.5) is 0 Å². The zero-order valence-electron chi connectivity index (χ0n) is 12.0. The van der Waals surface area contributed by atoms with E-state index in [1.807, 2.05) is 6.20 Å². The third-order valence-electron chi connectivity index (χ3n) is 3.15. The number of aryl methyl sites for hydroxylation is 1. The Balaban J connectivity index is 1.81. The zero-order chi connectivity index (χ0) is 13.1. The van der Waals surface area contributed by atoms with Gasteiger partial charge in [0.15, 0.2) is 0 Å². The van der Waals surface area contributed by atoms with Gasteiger partial charge in [0.2, 0.25) is 0 Å². The lowest BCUT2D eigenvalue weighted by molar-refractivity contribution is 0.554. The highest BCUT2D eigenvalue weighted by molar-refractivity contribution is 7.11. The van der Waals surface area contributed by atoms with Gasteiger partial charge in [-0.15, -0.1) is 11.3 Å². The normalized spacial score (nSPS) is 11.0. The van der Waals surface area contributed by atoms with Crippen LogP contribution in [0.1, 0.15) is 68.2 Å². The van der Waals surface area contributed by atoms with Crippen molar-refractivity contribution >= 4 is 11.3 Å². The first-order chi connectivity index (χ1) is 8.83. The second-order valence-corrected chi connectivity index (χ2v) is 6.34. The van der Waals surface area contributed by atoms with Crippen LogP contribution in [0, 0.1) is 6.92 Å². The Kier molecular flexibility index (Phi) is 9.13. The second-order valence-electron chi connectivity index (χ2n) is 5.02. The van der Waals surface area contributed by atoms with Gasteiger partial charge in [-0.3, -0.25) is 0 Å². The molecule has 0 aliphatic heterocycles. The summed E-state index contributed by atoms with van der Waals surface area (Å²) >= 11 is 1.79. The molecule has 0 spiro atoms. The largest absolute Gasteiger partial charge is 0.310 e. The van der Waals surface area contributed by atoms with E-state index < -0.39 is 0 Å². The van der Waals surface area contributed by atoms with Crippen molar-refractivity contribution < 1.29 is 0 Å². The third-order valence-corrected chi connectivity index (χ3v) is 4.07. The number of unbranched alkanes of at least 4 members (excludes halogenated alkanes) is 7. The van der Waals surface area contributed by atoms with Crippen LogP contribution >= 0.6 is 11.3 Å². The molecule has 1 N–H and O–H groups in total. The summed E-state index contributed by atoms with van der Waals surface area (Å²) in [5, 5.41) is 4.69. The molecule has 1 aromatic heterocycles. The minimum Gasteiger partial charge on any atom is -0.310 e. The molecule has 1 heterocycles. The molecule has 0 bridgehead atoms. The molecule has 0 atom stereocenters. The van der Waals surface area contributed by atoms with Gasteiger partial charge in [0.05, 0.1) is 0 Å². The van der Waals surface area contributed by atoms with Gasteiger partial charge in [-0.05, 0) is 19.9 Å². The molecule has 2 nitrogen and oxygen atoms in total. The summed E-state index contributed by atoms with van der Waals surface area (Å²) < 4.78 is 0. The van der Waals surface area contributed by atoms with Crippen LogP contribution in [0.15, 0.2) is 6.20 Å². The SMILES string of the molecule is CCCCCCCCCCNCc1ncc(C)s1. The monoisotopic (exact) mass is 268 g/mol. The van der Waals surface area contributed by atoms with E-state index >= 15 is 0 Å². The molecule has 0 aliphatic carbocycles. The van der Waals surface area contributed by atoms with Crippen molar-refractivity contribution in [2.45, 2.75) is 71.8 Å². The van der Waals surface area contributed by atoms with E-state index in [1.165, 1.54) is 61.3 Å².